The van der Waals surface area contributed by atoms with Crippen molar-refractivity contribution in [3.05, 3.63) is 21.9 Å². The van der Waals surface area contributed by atoms with Gasteiger partial charge in [-0.05, 0) is 17.0 Å². The predicted octanol–water partition coefficient (Wildman–Crippen LogP) is 0.197. The molecule has 0 bridgehead atoms. The Balaban J connectivity index is 2.03. The van der Waals surface area contributed by atoms with E-state index in [2.05, 4.69) is 10.3 Å². The number of ether oxygens (including phenoxy) is 2. The van der Waals surface area contributed by atoms with Crippen molar-refractivity contribution in [2.45, 2.75) is 18.8 Å². The van der Waals surface area contributed by atoms with Crippen LogP contribution in [0.5, 0.6) is 0 Å². The van der Waals surface area contributed by atoms with Crippen LogP contribution in [0, 0.1) is 0 Å². The molecule has 0 aromatic carbocycles. The fourth-order valence-electron chi connectivity index (χ4n) is 2.37. The van der Waals surface area contributed by atoms with Gasteiger partial charge in [0.15, 0.2) is 0 Å². The van der Waals surface area contributed by atoms with Crippen LogP contribution in [0.25, 0.3) is 0 Å². The van der Waals surface area contributed by atoms with Crippen LogP contribution in [0.15, 0.2) is 11.4 Å². The summed E-state index contributed by atoms with van der Waals surface area (Å²) in [7, 11) is 3.39. The number of amides is 1. The maximum atomic E-state index is 11.6. The standard InChI is InChI=1S/C12H19N3O3S/c1-17-9-6-15(7-10(9)18-2)5-8-3-4-19-11(8)12(16)14-13/h3-4,9-10H,5-7,13H2,1-2H3,(H,14,16). The van der Waals surface area contributed by atoms with E-state index in [0.29, 0.717) is 11.4 Å². The highest BCUT2D eigenvalue weighted by Gasteiger charge is 2.33. The van der Waals surface area contributed by atoms with Crippen LogP contribution in [0.4, 0.5) is 0 Å². The topological polar surface area (TPSA) is 76.8 Å². The summed E-state index contributed by atoms with van der Waals surface area (Å²) in [4.78, 5) is 14.5. The summed E-state index contributed by atoms with van der Waals surface area (Å²) in [6.07, 6.45) is 0.158. The smallest absolute Gasteiger partial charge is 0.275 e. The minimum absolute atomic E-state index is 0.0791. The highest BCUT2D eigenvalue weighted by atomic mass is 32.1. The van der Waals surface area contributed by atoms with Crippen molar-refractivity contribution in [3.8, 4) is 0 Å². The van der Waals surface area contributed by atoms with E-state index in [1.165, 1.54) is 11.3 Å². The van der Waals surface area contributed by atoms with Crippen LogP contribution in [0.2, 0.25) is 0 Å². The molecule has 0 aliphatic carbocycles. The number of carbonyl (C=O) groups is 1. The Morgan fingerprint density at radius 2 is 2.11 bits per heavy atom. The van der Waals surface area contributed by atoms with E-state index in [-0.39, 0.29) is 18.1 Å². The molecule has 1 aliphatic rings. The van der Waals surface area contributed by atoms with E-state index in [9.17, 15) is 4.79 Å². The Morgan fingerprint density at radius 1 is 1.47 bits per heavy atom. The molecule has 3 N–H and O–H groups in total. The molecule has 2 heterocycles. The van der Waals surface area contributed by atoms with Gasteiger partial charge < -0.3 is 9.47 Å². The third-order valence-electron chi connectivity index (χ3n) is 3.37. The molecule has 0 saturated carbocycles. The first kappa shape index (κ1) is 14.4. The van der Waals surface area contributed by atoms with Crippen molar-refractivity contribution < 1.29 is 14.3 Å². The average Bonchev–Trinajstić information content (AvgIpc) is 3.04. The van der Waals surface area contributed by atoms with Crippen molar-refractivity contribution in [2.24, 2.45) is 5.84 Å². The van der Waals surface area contributed by atoms with Gasteiger partial charge in [0.2, 0.25) is 0 Å². The SMILES string of the molecule is COC1CN(Cc2ccsc2C(=O)NN)CC1OC. The molecule has 2 rings (SSSR count). The fourth-order valence-corrected chi connectivity index (χ4v) is 3.18. The first-order valence-corrected chi connectivity index (χ1v) is 6.92. The van der Waals surface area contributed by atoms with Crippen molar-refractivity contribution in [1.82, 2.24) is 10.3 Å². The van der Waals surface area contributed by atoms with Crippen molar-refractivity contribution >= 4 is 17.2 Å². The van der Waals surface area contributed by atoms with Crippen molar-refractivity contribution in [2.75, 3.05) is 27.3 Å². The monoisotopic (exact) mass is 285 g/mol. The van der Waals surface area contributed by atoms with Crippen LogP contribution in [0.3, 0.4) is 0 Å². The van der Waals surface area contributed by atoms with Gasteiger partial charge >= 0.3 is 0 Å². The lowest BCUT2D eigenvalue weighted by Crippen LogP contribution is -2.31. The number of rotatable bonds is 5. The van der Waals surface area contributed by atoms with Crippen LogP contribution < -0.4 is 11.3 Å². The third kappa shape index (κ3) is 3.13. The van der Waals surface area contributed by atoms with Crippen molar-refractivity contribution in [3.63, 3.8) is 0 Å². The minimum atomic E-state index is -0.240. The number of nitrogens with two attached hydrogens (primary N) is 1. The maximum Gasteiger partial charge on any atom is 0.275 e. The molecular formula is C12H19N3O3S. The summed E-state index contributed by atoms with van der Waals surface area (Å²) < 4.78 is 10.8. The molecule has 106 valence electrons. The van der Waals surface area contributed by atoms with Crippen molar-refractivity contribution in [1.29, 1.82) is 0 Å². The largest absolute Gasteiger partial charge is 0.377 e. The van der Waals surface area contributed by atoms with Crippen LogP contribution in [-0.2, 0) is 16.0 Å². The summed E-state index contributed by atoms with van der Waals surface area (Å²) in [5, 5.41) is 1.90. The zero-order valence-electron chi connectivity index (χ0n) is 11.1. The lowest BCUT2D eigenvalue weighted by molar-refractivity contribution is -0.00461. The second-order valence-corrected chi connectivity index (χ2v) is 5.41. The van der Waals surface area contributed by atoms with Gasteiger partial charge in [-0.1, -0.05) is 0 Å². The van der Waals surface area contributed by atoms with E-state index in [1.54, 1.807) is 14.2 Å². The molecule has 1 amide bonds. The molecule has 2 unspecified atom stereocenters. The Morgan fingerprint density at radius 3 is 2.63 bits per heavy atom. The summed E-state index contributed by atoms with van der Waals surface area (Å²) >= 11 is 1.40. The van der Waals surface area contributed by atoms with E-state index in [1.807, 2.05) is 11.4 Å². The van der Waals surface area contributed by atoms with Gasteiger partial charge in [-0.3, -0.25) is 15.1 Å². The highest BCUT2D eigenvalue weighted by Crippen LogP contribution is 2.22. The van der Waals surface area contributed by atoms with Gasteiger partial charge in [-0.2, -0.15) is 0 Å². The second-order valence-electron chi connectivity index (χ2n) is 4.49. The Bertz CT molecular complexity index is 426. The fraction of sp³-hybridized carbons (Fsp3) is 0.583. The zero-order chi connectivity index (χ0) is 13.8. The summed E-state index contributed by atoms with van der Waals surface area (Å²) in [6.45, 7) is 2.30. The molecule has 1 aromatic heterocycles. The minimum Gasteiger partial charge on any atom is -0.377 e. The number of nitrogens with one attached hydrogen (secondary N) is 1. The molecule has 1 saturated heterocycles. The molecule has 1 aromatic rings. The molecule has 1 aliphatic heterocycles. The third-order valence-corrected chi connectivity index (χ3v) is 4.33. The molecule has 0 radical (unpaired) electrons. The second kappa shape index (κ2) is 6.44. The molecule has 7 heteroatoms. The maximum absolute atomic E-state index is 11.6. The number of nitrogen functional groups attached to an aromatic ring is 1. The summed E-state index contributed by atoms with van der Waals surface area (Å²) in [5.74, 6) is 4.94. The number of hydrogen-bond donors (Lipinski definition) is 2. The molecule has 6 nitrogen and oxygen atoms in total. The van der Waals surface area contributed by atoms with Crippen LogP contribution >= 0.6 is 11.3 Å². The number of nitrogens with zero attached hydrogens (tertiary/aromatic N) is 1. The number of hydrogen-bond acceptors (Lipinski definition) is 6. The van der Waals surface area contributed by atoms with Gasteiger partial charge in [-0.15, -0.1) is 11.3 Å². The number of hydrazine groups is 1. The van der Waals surface area contributed by atoms with E-state index >= 15 is 0 Å². The van der Waals surface area contributed by atoms with Crippen LogP contribution in [-0.4, -0.2) is 50.3 Å². The van der Waals surface area contributed by atoms with Gasteiger partial charge in [0.05, 0.1) is 17.1 Å². The number of carbonyl (C=O) groups excluding carboxylic acids is 1. The van der Waals surface area contributed by atoms with E-state index in [0.717, 1.165) is 18.7 Å². The average molecular weight is 285 g/mol. The molecule has 19 heavy (non-hydrogen) atoms. The molecular weight excluding hydrogens is 266 g/mol. The lowest BCUT2D eigenvalue weighted by Gasteiger charge is -2.15. The van der Waals surface area contributed by atoms with E-state index in [4.69, 9.17) is 15.3 Å². The number of likely N-dealkylation sites (tertiary alicyclic amines) is 1. The van der Waals surface area contributed by atoms with Gasteiger partial charge in [0, 0.05) is 33.9 Å². The van der Waals surface area contributed by atoms with Crippen LogP contribution in [0.1, 0.15) is 15.2 Å². The summed E-state index contributed by atoms with van der Waals surface area (Å²) in [6, 6.07) is 1.96. The Labute approximate surface area is 116 Å². The first-order chi connectivity index (χ1) is 9.19. The number of methoxy groups -OCH3 is 2. The quantitative estimate of drug-likeness (QED) is 0.459. The highest BCUT2D eigenvalue weighted by molar-refractivity contribution is 7.12. The van der Waals surface area contributed by atoms with E-state index < -0.39 is 0 Å². The van der Waals surface area contributed by atoms with Gasteiger partial charge in [-0.25, -0.2) is 5.84 Å². The molecule has 0 spiro atoms. The molecule has 2 atom stereocenters. The molecule has 1 fully saturated rings. The predicted molar refractivity (Wildman–Crippen MR) is 72.8 cm³/mol. The first-order valence-electron chi connectivity index (χ1n) is 6.04. The normalized spacial score (nSPS) is 23.7. The van der Waals surface area contributed by atoms with Gasteiger partial charge in [0.25, 0.3) is 5.91 Å². The van der Waals surface area contributed by atoms with Gasteiger partial charge in [0.1, 0.15) is 0 Å². The lowest BCUT2D eigenvalue weighted by atomic mass is 10.2. The zero-order valence-corrected chi connectivity index (χ0v) is 11.9. The summed E-state index contributed by atoms with van der Waals surface area (Å²) in [5.41, 5.74) is 3.16. The number of thiophene rings is 1. The Hall–Kier alpha value is -0.990. The Kier molecular flexibility index (Phi) is 4.89.